The normalized spacial score (nSPS) is 11.9. The van der Waals surface area contributed by atoms with E-state index in [1.165, 1.54) is 11.8 Å². The highest BCUT2D eigenvalue weighted by atomic mass is 32.2. The standard InChI is InChI=1S/C26H28N4O4S/c1-15-6-9-19(10-7-15)30-25(32)24-20(12-16(2)27-24)29-26(30)35-14-23(31)28-17(3)18-8-11-21(33-4)22(13-18)34-5/h6-13,17,27H,14H2,1-5H3,(H,28,31). The van der Waals surface area contributed by atoms with Crippen LogP contribution in [0.2, 0.25) is 0 Å². The Morgan fingerprint density at radius 2 is 1.80 bits per heavy atom. The maximum atomic E-state index is 13.3. The molecule has 0 fully saturated rings. The van der Waals surface area contributed by atoms with Crippen LogP contribution in [0, 0.1) is 13.8 Å². The van der Waals surface area contributed by atoms with E-state index in [1.54, 1.807) is 18.8 Å². The van der Waals surface area contributed by atoms with E-state index in [2.05, 4.69) is 10.3 Å². The predicted molar refractivity (Wildman–Crippen MR) is 138 cm³/mol. The molecule has 182 valence electrons. The number of methoxy groups -OCH3 is 2. The summed E-state index contributed by atoms with van der Waals surface area (Å²) in [6, 6.07) is 14.8. The molecule has 2 N–H and O–H groups in total. The summed E-state index contributed by atoms with van der Waals surface area (Å²) < 4.78 is 12.2. The number of nitrogens with one attached hydrogen (secondary N) is 2. The third-order valence-electron chi connectivity index (χ3n) is 5.67. The molecule has 0 saturated carbocycles. The molecule has 0 aliphatic carbocycles. The number of carbonyl (C=O) groups excluding carboxylic acids is 1. The summed E-state index contributed by atoms with van der Waals surface area (Å²) in [6.07, 6.45) is 0. The van der Waals surface area contributed by atoms with Gasteiger partial charge in [0.05, 0.1) is 37.2 Å². The van der Waals surface area contributed by atoms with Crippen molar-refractivity contribution in [3.63, 3.8) is 0 Å². The van der Waals surface area contributed by atoms with Crippen LogP contribution in [0.5, 0.6) is 11.5 Å². The van der Waals surface area contributed by atoms with Gasteiger partial charge in [0.2, 0.25) is 5.91 Å². The van der Waals surface area contributed by atoms with Gasteiger partial charge in [-0.3, -0.25) is 14.2 Å². The molecule has 2 heterocycles. The van der Waals surface area contributed by atoms with Crippen molar-refractivity contribution in [1.29, 1.82) is 0 Å². The number of benzene rings is 2. The van der Waals surface area contributed by atoms with E-state index in [-0.39, 0.29) is 23.3 Å². The number of nitrogens with zero attached hydrogens (tertiary/aromatic N) is 2. The number of carbonyl (C=O) groups is 1. The number of hydrogen-bond donors (Lipinski definition) is 2. The molecule has 2 aromatic carbocycles. The van der Waals surface area contributed by atoms with Crippen LogP contribution in [0.1, 0.15) is 29.8 Å². The van der Waals surface area contributed by atoms with Gasteiger partial charge in [-0.1, -0.05) is 35.5 Å². The Kier molecular flexibility index (Phi) is 7.16. The molecule has 1 unspecified atom stereocenters. The zero-order valence-electron chi connectivity index (χ0n) is 20.3. The van der Waals surface area contributed by atoms with Crippen molar-refractivity contribution in [1.82, 2.24) is 19.9 Å². The Balaban J connectivity index is 1.56. The number of amides is 1. The maximum absolute atomic E-state index is 13.3. The summed E-state index contributed by atoms with van der Waals surface area (Å²) in [5.74, 6) is 1.15. The fourth-order valence-corrected chi connectivity index (χ4v) is 4.64. The molecule has 4 aromatic rings. The van der Waals surface area contributed by atoms with Crippen molar-refractivity contribution in [2.45, 2.75) is 32.0 Å². The summed E-state index contributed by atoms with van der Waals surface area (Å²) in [5.41, 5.74) is 4.35. The van der Waals surface area contributed by atoms with Gasteiger partial charge in [-0.2, -0.15) is 0 Å². The summed E-state index contributed by atoms with van der Waals surface area (Å²) in [5, 5.41) is 3.46. The lowest BCUT2D eigenvalue weighted by molar-refractivity contribution is -0.119. The lowest BCUT2D eigenvalue weighted by atomic mass is 10.1. The van der Waals surface area contributed by atoms with Gasteiger partial charge in [0.15, 0.2) is 16.7 Å². The smallest absolute Gasteiger partial charge is 0.283 e. The van der Waals surface area contributed by atoms with E-state index in [1.807, 2.05) is 69.3 Å². The number of aromatic amines is 1. The zero-order chi connectivity index (χ0) is 25.1. The predicted octanol–water partition coefficient (Wildman–Crippen LogP) is 4.32. The first-order chi connectivity index (χ1) is 16.8. The first kappa shape index (κ1) is 24.4. The molecule has 0 aliphatic heterocycles. The van der Waals surface area contributed by atoms with Crippen molar-refractivity contribution >= 4 is 28.7 Å². The minimum Gasteiger partial charge on any atom is -0.493 e. The fraction of sp³-hybridized carbons (Fsp3) is 0.269. The topological polar surface area (TPSA) is 98.2 Å². The third-order valence-corrected chi connectivity index (χ3v) is 6.60. The molecule has 35 heavy (non-hydrogen) atoms. The van der Waals surface area contributed by atoms with Gasteiger partial charge < -0.3 is 19.8 Å². The lowest BCUT2D eigenvalue weighted by Crippen LogP contribution is -2.29. The molecule has 1 amide bonds. The minimum absolute atomic E-state index is 0.102. The van der Waals surface area contributed by atoms with Crippen LogP contribution in [-0.2, 0) is 4.79 Å². The first-order valence-electron chi connectivity index (χ1n) is 11.1. The second kappa shape index (κ2) is 10.3. The van der Waals surface area contributed by atoms with Crippen LogP contribution >= 0.6 is 11.8 Å². The number of hydrogen-bond acceptors (Lipinski definition) is 6. The molecule has 0 bridgehead atoms. The number of aromatic nitrogens is 3. The molecular weight excluding hydrogens is 464 g/mol. The molecule has 2 aromatic heterocycles. The number of aryl methyl sites for hydroxylation is 2. The van der Waals surface area contributed by atoms with Gasteiger partial charge in [0, 0.05) is 5.69 Å². The summed E-state index contributed by atoms with van der Waals surface area (Å²) in [6.45, 7) is 5.77. The Morgan fingerprint density at radius 1 is 1.09 bits per heavy atom. The Hall–Kier alpha value is -3.72. The van der Waals surface area contributed by atoms with Crippen LogP contribution in [0.25, 0.3) is 16.7 Å². The van der Waals surface area contributed by atoms with Gasteiger partial charge in [-0.05, 0) is 56.7 Å². The molecule has 1 atom stereocenters. The molecule has 0 spiro atoms. The highest BCUT2D eigenvalue weighted by Gasteiger charge is 2.18. The zero-order valence-corrected chi connectivity index (χ0v) is 21.2. The van der Waals surface area contributed by atoms with Gasteiger partial charge in [-0.15, -0.1) is 0 Å². The second-order valence-electron chi connectivity index (χ2n) is 8.28. The van der Waals surface area contributed by atoms with Crippen molar-refractivity contribution in [3.05, 3.63) is 75.7 Å². The quantitative estimate of drug-likeness (QED) is 0.281. The average molecular weight is 493 g/mol. The molecule has 8 nitrogen and oxygen atoms in total. The lowest BCUT2D eigenvalue weighted by Gasteiger charge is -2.17. The van der Waals surface area contributed by atoms with Crippen LogP contribution in [0.3, 0.4) is 0 Å². The van der Waals surface area contributed by atoms with Crippen LogP contribution in [-0.4, -0.2) is 40.4 Å². The average Bonchev–Trinajstić information content (AvgIpc) is 3.23. The molecule has 0 radical (unpaired) electrons. The van der Waals surface area contributed by atoms with Crippen LogP contribution in [0.4, 0.5) is 0 Å². The first-order valence-corrected chi connectivity index (χ1v) is 12.1. The van der Waals surface area contributed by atoms with Crippen molar-refractivity contribution < 1.29 is 14.3 Å². The van der Waals surface area contributed by atoms with E-state index in [0.717, 1.165) is 16.8 Å². The monoisotopic (exact) mass is 492 g/mol. The fourth-order valence-electron chi connectivity index (χ4n) is 3.81. The maximum Gasteiger partial charge on any atom is 0.283 e. The number of rotatable bonds is 8. The molecule has 0 saturated heterocycles. The second-order valence-corrected chi connectivity index (χ2v) is 9.22. The van der Waals surface area contributed by atoms with E-state index >= 15 is 0 Å². The van der Waals surface area contributed by atoms with Gasteiger partial charge in [-0.25, -0.2) is 4.98 Å². The highest BCUT2D eigenvalue weighted by Crippen LogP contribution is 2.30. The summed E-state index contributed by atoms with van der Waals surface area (Å²) in [4.78, 5) is 33.9. The van der Waals surface area contributed by atoms with Gasteiger partial charge >= 0.3 is 0 Å². The third kappa shape index (κ3) is 5.19. The minimum atomic E-state index is -0.245. The Labute approximate surface area is 207 Å². The number of ether oxygens (including phenoxy) is 2. The Bertz CT molecular complexity index is 1430. The van der Waals surface area contributed by atoms with E-state index < -0.39 is 0 Å². The van der Waals surface area contributed by atoms with E-state index in [9.17, 15) is 9.59 Å². The number of H-pyrrole nitrogens is 1. The summed E-state index contributed by atoms with van der Waals surface area (Å²) in [7, 11) is 3.15. The van der Waals surface area contributed by atoms with Crippen LogP contribution < -0.4 is 20.3 Å². The van der Waals surface area contributed by atoms with Crippen LogP contribution in [0.15, 0.2) is 58.5 Å². The van der Waals surface area contributed by atoms with Crippen molar-refractivity contribution in [3.8, 4) is 17.2 Å². The SMILES string of the molecule is COc1ccc(C(C)NC(=O)CSc2nc3cc(C)[nH]c3c(=O)n2-c2ccc(C)cc2)cc1OC. The Morgan fingerprint density at radius 3 is 2.49 bits per heavy atom. The largest absolute Gasteiger partial charge is 0.493 e. The number of fused-ring (bicyclic) bond motifs is 1. The van der Waals surface area contributed by atoms with E-state index in [4.69, 9.17) is 14.5 Å². The van der Waals surface area contributed by atoms with Crippen molar-refractivity contribution in [2.24, 2.45) is 0 Å². The van der Waals surface area contributed by atoms with E-state index in [0.29, 0.717) is 33.4 Å². The van der Waals surface area contributed by atoms with Crippen molar-refractivity contribution in [2.75, 3.05) is 20.0 Å². The highest BCUT2D eigenvalue weighted by molar-refractivity contribution is 7.99. The molecule has 9 heteroatoms. The molecular formula is C26H28N4O4S. The molecule has 0 aliphatic rings. The van der Waals surface area contributed by atoms with Gasteiger partial charge in [0.1, 0.15) is 5.52 Å². The summed E-state index contributed by atoms with van der Waals surface area (Å²) >= 11 is 1.22. The van der Waals surface area contributed by atoms with Gasteiger partial charge in [0.25, 0.3) is 5.56 Å². The molecule has 4 rings (SSSR count). The number of thioether (sulfide) groups is 1.